The van der Waals surface area contributed by atoms with Crippen LogP contribution in [0.1, 0.15) is 26.7 Å². The fraction of sp³-hybridized carbons (Fsp3) is 0.750. The number of carboxylic acid groups (broad SMARTS) is 1. The van der Waals surface area contributed by atoms with E-state index in [1.165, 1.54) is 4.90 Å². The Morgan fingerprint density at radius 3 is 2.47 bits per heavy atom. The third-order valence-electron chi connectivity index (χ3n) is 3.32. The van der Waals surface area contributed by atoms with Crippen LogP contribution in [0.5, 0.6) is 0 Å². The van der Waals surface area contributed by atoms with Gasteiger partial charge in [-0.15, -0.1) is 0 Å². The topological polar surface area (TPSA) is 113 Å². The summed E-state index contributed by atoms with van der Waals surface area (Å²) in [4.78, 5) is 35.6. The predicted octanol–water partition coefficient (Wildman–Crippen LogP) is 0.00250. The van der Waals surface area contributed by atoms with E-state index in [2.05, 4.69) is 5.32 Å². The summed E-state index contributed by atoms with van der Waals surface area (Å²) in [5.74, 6) is -2.04. The van der Waals surface area contributed by atoms with Crippen molar-refractivity contribution < 1.29 is 19.5 Å². The molecular weight excluding hydrogens is 250 g/mol. The van der Waals surface area contributed by atoms with Gasteiger partial charge in [-0.1, -0.05) is 13.8 Å². The lowest BCUT2D eigenvalue weighted by atomic mass is 9.98. The zero-order valence-electron chi connectivity index (χ0n) is 11.3. The van der Waals surface area contributed by atoms with E-state index in [-0.39, 0.29) is 18.4 Å². The molecule has 0 aromatic carbocycles. The zero-order chi connectivity index (χ0) is 14.6. The Morgan fingerprint density at radius 2 is 2.00 bits per heavy atom. The number of piperidine rings is 1. The van der Waals surface area contributed by atoms with Crippen molar-refractivity contribution in [1.82, 2.24) is 10.2 Å². The highest BCUT2D eigenvalue weighted by Gasteiger charge is 2.30. The molecule has 0 saturated carbocycles. The van der Waals surface area contributed by atoms with Gasteiger partial charge in [0.1, 0.15) is 6.04 Å². The molecule has 1 rings (SSSR count). The molecule has 2 atom stereocenters. The van der Waals surface area contributed by atoms with Gasteiger partial charge in [-0.05, 0) is 18.8 Å². The molecule has 19 heavy (non-hydrogen) atoms. The highest BCUT2D eigenvalue weighted by Crippen LogP contribution is 2.16. The van der Waals surface area contributed by atoms with Crippen LogP contribution in [-0.4, -0.2) is 47.0 Å². The minimum absolute atomic E-state index is 0.210. The molecule has 0 aromatic rings. The summed E-state index contributed by atoms with van der Waals surface area (Å²) in [5, 5.41) is 11.5. The van der Waals surface area contributed by atoms with Crippen molar-refractivity contribution in [1.29, 1.82) is 0 Å². The van der Waals surface area contributed by atoms with Gasteiger partial charge in [0.25, 0.3) is 0 Å². The number of hydrogen-bond donors (Lipinski definition) is 3. The summed E-state index contributed by atoms with van der Waals surface area (Å²) in [6.07, 6.45) is 1.37. The molecule has 1 saturated heterocycles. The summed E-state index contributed by atoms with van der Waals surface area (Å²) in [7, 11) is 0. The van der Waals surface area contributed by atoms with Crippen molar-refractivity contribution in [2.24, 2.45) is 17.6 Å². The number of nitrogens with one attached hydrogen (secondary N) is 1. The number of nitrogens with two attached hydrogens (primary N) is 1. The maximum Gasteiger partial charge on any atom is 0.326 e. The van der Waals surface area contributed by atoms with Crippen LogP contribution in [0.25, 0.3) is 0 Å². The van der Waals surface area contributed by atoms with E-state index >= 15 is 0 Å². The number of carbonyl (C=O) groups excluding carboxylic acids is 2. The molecule has 0 aliphatic carbocycles. The molecular formula is C12H21N3O4. The summed E-state index contributed by atoms with van der Waals surface area (Å²) in [6, 6.07) is -1.38. The zero-order valence-corrected chi connectivity index (χ0v) is 11.3. The Morgan fingerprint density at radius 1 is 1.37 bits per heavy atom. The molecule has 0 spiro atoms. The lowest BCUT2D eigenvalue weighted by Crippen LogP contribution is -2.53. The molecule has 0 aromatic heterocycles. The lowest BCUT2D eigenvalue weighted by Gasteiger charge is -2.32. The van der Waals surface area contributed by atoms with Crippen molar-refractivity contribution in [3.8, 4) is 0 Å². The van der Waals surface area contributed by atoms with Gasteiger partial charge >= 0.3 is 12.0 Å². The molecule has 1 heterocycles. The largest absolute Gasteiger partial charge is 0.480 e. The van der Waals surface area contributed by atoms with E-state index in [1.54, 1.807) is 13.8 Å². The van der Waals surface area contributed by atoms with Gasteiger partial charge in [0.05, 0.1) is 5.92 Å². The maximum atomic E-state index is 12.0. The Hall–Kier alpha value is -1.79. The van der Waals surface area contributed by atoms with Gasteiger partial charge in [0.15, 0.2) is 0 Å². The van der Waals surface area contributed by atoms with Crippen molar-refractivity contribution >= 4 is 17.9 Å². The number of nitrogens with zero attached hydrogens (tertiary/aromatic N) is 1. The van der Waals surface area contributed by atoms with E-state index in [4.69, 9.17) is 10.8 Å². The van der Waals surface area contributed by atoms with Crippen LogP contribution < -0.4 is 11.1 Å². The predicted molar refractivity (Wildman–Crippen MR) is 68.3 cm³/mol. The highest BCUT2D eigenvalue weighted by molar-refractivity contribution is 5.83. The summed E-state index contributed by atoms with van der Waals surface area (Å²) in [6.45, 7) is 4.22. The van der Waals surface area contributed by atoms with E-state index < -0.39 is 23.9 Å². The first kappa shape index (κ1) is 15.3. The second-order valence-corrected chi connectivity index (χ2v) is 5.20. The standard InChI is InChI=1S/C12H21N3O4/c1-7(2)9(11(17)18)14-12(19)15-5-3-4-8(6-15)10(13)16/h7-9H,3-6H2,1-2H3,(H2,13,16)(H,14,19)(H,17,18)/t8?,9-/m1/s1. The molecule has 1 unspecified atom stereocenters. The van der Waals surface area contributed by atoms with Gasteiger partial charge in [0, 0.05) is 13.1 Å². The van der Waals surface area contributed by atoms with E-state index in [9.17, 15) is 14.4 Å². The van der Waals surface area contributed by atoms with Crippen molar-refractivity contribution in [2.45, 2.75) is 32.7 Å². The van der Waals surface area contributed by atoms with Gasteiger partial charge in [-0.3, -0.25) is 4.79 Å². The van der Waals surface area contributed by atoms with E-state index in [1.807, 2.05) is 0 Å². The number of urea groups is 1. The monoisotopic (exact) mass is 271 g/mol. The average molecular weight is 271 g/mol. The quantitative estimate of drug-likeness (QED) is 0.668. The number of amides is 3. The van der Waals surface area contributed by atoms with Crippen LogP contribution in [0.2, 0.25) is 0 Å². The molecule has 7 heteroatoms. The Labute approximate surface area is 112 Å². The van der Waals surface area contributed by atoms with Crippen LogP contribution in [0.15, 0.2) is 0 Å². The summed E-state index contributed by atoms with van der Waals surface area (Å²) >= 11 is 0. The van der Waals surface area contributed by atoms with Crippen LogP contribution >= 0.6 is 0 Å². The third-order valence-corrected chi connectivity index (χ3v) is 3.32. The fourth-order valence-corrected chi connectivity index (χ4v) is 2.13. The van der Waals surface area contributed by atoms with E-state index in [0.29, 0.717) is 19.4 Å². The molecule has 0 radical (unpaired) electrons. The molecule has 108 valence electrons. The van der Waals surface area contributed by atoms with Crippen LogP contribution in [0, 0.1) is 11.8 Å². The van der Waals surface area contributed by atoms with Crippen molar-refractivity contribution in [2.75, 3.05) is 13.1 Å². The van der Waals surface area contributed by atoms with Crippen molar-refractivity contribution in [3.63, 3.8) is 0 Å². The number of hydrogen-bond acceptors (Lipinski definition) is 3. The summed E-state index contributed by atoms with van der Waals surface area (Å²) in [5.41, 5.74) is 5.24. The third kappa shape index (κ3) is 4.11. The van der Waals surface area contributed by atoms with Gasteiger partial charge in [-0.2, -0.15) is 0 Å². The number of likely N-dealkylation sites (tertiary alicyclic amines) is 1. The molecule has 0 bridgehead atoms. The second kappa shape index (κ2) is 6.40. The second-order valence-electron chi connectivity index (χ2n) is 5.20. The molecule has 4 N–H and O–H groups in total. The number of rotatable bonds is 4. The van der Waals surface area contributed by atoms with E-state index in [0.717, 1.165) is 0 Å². The summed E-state index contributed by atoms with van der Waals surface area (Å²) < 4.78 is 0. The van der Waals surface area contributed by atoms with Crippen molar-refractivity contribution in [3.05, 3.63) is 0 Å². The van der Waals surface area contributed by atoms with Crippen LogP contribution in [0.3, 0.4) is 0 Å². The van der Waals surface area contributed by atoms with Gasteiger partial charge in [0.2, 0.25) is 5.91 Å². The van der Waals surface area contributed by atoms with Crippen LogP contribution in [0.4, 0.5) is 4.79 Å². The first-order chi connectivity index (χ1) is 8.82. The Kier molecular flexibility index (Phi) is 5.14. The first-order valence-corrected chi connectivity index (χ1v) is 6.40. The van der Waals surface area contributed by atoms with Gasteiger partial charge in [-0.25, -0.2) is 9.59 Å². The number of carboxylic acids is 1. The lowest BCUT2D eigenvalue weighted by molar-refractivity contribution is -0.140. The first-order valence-electron chi connectivity index (χ1n) is 6.40. The fourth-order valence-electron chi connectivity index (χ4n) is 2.13. The smallest absolute Gasteiger partial charge is 0.326 e. The molecule has 3 amide bonds. The molecule has 1 aliphatic heterocycles. The normalized spacial score (nSPS) is 21.0. The number of primary amides is 1. The van der Waals surface area contributed by atoms with Gasteiger partial charge < -0.3 is 21.1 Å². The number of carbonyl (C=O) groups is 3. The maximum absolute atomic E-state index is 12.0. The van der Waals surface area contributed by atoms with Crippen LogP contribution in [-0.2, 0) is 9.59 Å². The minimum atomic E-state index is -1.06. The molecule has 1 fully saturated rings. The SMILES string of the molecule is CC(C)[C@@H](NC(=O)N1CCCC(C(N)=O)C1)C(=O)O. The Balaban J connectivity index is 2.62. The highest BCUT2D eigenvalue weighted by atomic mass is 16.4. The molecule has 7 nitrogen and oxygen atoms in total. The number of aliphatic carboxylic acids is 1. The average Bonchev–Trinajstić information content (AvgIpc) is 2.34. The molecule has 1 aliphatic rings. The minimum Gasteiger partial charge on any atom is -0.480 e. The Bertz CT molecular complexity index is 370.